The van der Waals surface area contributed by atoms with Gasteiger partial charge in [0, 0.05) is 0 Å². The van der Waals surface area contributed by atoms with E-state index in [4.69, 9.17) is 10.8 Å². The fourth-order valence-corrected chi connectivity index (χ4v) is 1.08. The van der Waals surface area contributed by atoms with Gasteiger partial charge < -0.3 is 10.8 Å². The maximum atomic E-state index is 10.7. The fourth-order valence-electron chi connectivity index (χ4n) is 1.08. The average molecular weight is 247 g/mol. The van der Waals surface area contributed by atoms with Gasteiger partial charge in [0.25, 0.3) is 0 Å². The van der Waals surface area contributed by atoms with Crippen LogP contribution in [0.15, 0.2) is 0 Å². The minimum atomic E-state index is -0.753. The van der Waals surface area contributed by atoms with Crippen molar-refractivity contribution >= 4 is 30.8 Å². The number of nitrogens with zero attached hydrogens (tertiary/aromatic N) is 1. The molecule has 0 aromatic heterocycles. The minimum Gasteiger partial charge on any atom is -0.480 e. The van der Waals surface area contributed by atoms with E-state index in [9.17, 15) is 4.79 Å². The van der Waals surface area contributed by atoms with Crippen LogP contribution >= 0.6 is 24.8 Å². The molecule has 0 heterocycles. The molecule has 6 heteroatoms. The number of halogens is 2. The highest BCUT2D eigenvalue weighted by Crippen LogP contribution is 2.05. The van der Waals surface area contributed by atoms with Gasteiger partial charge in [0.05, 0.1) is 0 Å². The Labute approximate surface area is 97.7 Å². The standard InChI is InChI=1S/C8H18N2O2.2ClH/c1-10(2)7(8(11)12)5-3-4-6-9;;/h7H,3-6,9H2,1-2H3,(H,11,12);2*1H/t7-;;/m1../s1. The highest BCUT2D eigenvalue weighted by atomic mass is 35.5. The van der Waals surface area contributed by atoms with Gasteiger partial charge in [-0.05, 0) is 33.5 Å². The van der Waals surface area contributed by atoms with Crippen molar-refractivity contribution in [3.8, 4) is 0 Å². The Bertz CT molecular complexity index is 145. The van der Waals surface area contributed by atoms with E-state index in [0.29, 0.717) is 13.0 Å². The molecule has 0 aliphatic rings. The van der Waals surface area contributed by atoms with Gasteiger partial charge in [-0.2, -0.15) is 0 Å². The second-order valence-corrected chi connectivity index (χ2v) is 3.10. The van der Waals surface area contributed by atoms with E-state index < -0.39 is 5.97 Å². The molecule has 0 aliphatic carbocycles. The Morgan fingerprint density at radius 1 is 1.36 bits per heavy atom. The van der Waals surface area contributed by atoms with Gasteiger partial charge in [-0.15, -0.1) is 24.8 Å². The van der Waals surface area contributed by atoms with Crippen molar-refractivity contribution in [3.63, 3.8) is 0 Å². The highest BCUT2D eigenvalue weighted by Gasteiger charge is 2.18. The first kappa shape index (κ1) is 19.5. The lowest BCUT2D eigenvalue weighted by atomic mass is 10.1. The van der Waals surface area contributed by atoms with Gasteiger partial charge in [0.15, 0.2) is 0 Å². The van der Waals surface area contributed by atoms with E-state index in [1.165, 1.54) is 0 Å². The van der Waals surface area contributed by atoms with Gasteiger partial charge in [-0.1, -0.05) is 6.42 Å². The molecule has 3 N–H and O–H groups in total. The third kappa shape index (κ3) is 8.56. The molecule has 0 amide bonds. The van der Waals surface area contributed by atoms with Crippen LogP contribution in [0.4, 0.5) is 0 Å². The number of aliphatic carboxylic acids is 1. The summed E-state index contributed by atoms with van der Waals surface area (Å²) in [7, 11) is 3.56. The van der Waals surface area contributed by atoms with E-state index in [-0.39, 0.29) is 30.9 Å². The van der Waals surface area contributed by atoms with Crippen LogP contribution in [0.5, 0.6) is 0 Å². The number of hydrogen-bond acceptors (Lipinski definition) is 3. The maximum Gasteiger partial charge on any atom is 0.320 e. The summed E-state index contributed by atoms with van der Waals surface area (Å²) in [5.74, 6) is -0.753. The van der Waals surface area contributed by atoms with Crippen molar-refractivity contribution in [3.05, 3.63) is 0 Å². The molecule has 88 valence electrons. The molecule has 0 aromatic carbocycles. The van der Waals surface area contributed by atoms with Crippen molar-refractivity contribution < 1.29 is 9.90 Å². The number of hydrogen-bond donors (Lipinski definition) is 2. The minimum absolute atomic E-state index is 0. The molecule has 0 spiro atoms. The van der Waals surface area contributed by atoms with Crippen molar-refractivity contribution in [2.24, 2.45) is 5.73 Å². The molecular weight excluding hydrogens is 227 g/mol. The van der Waals surface area contributed by atoms with Crippen LogP contribution < -0.4 is 5.73 Å². The van der Waals surface area contributed by atoms with Crippen LogP contribution in [-0.4, -0.2) is 42.7 Å². The quantitative estimate of drug-likeness (QED) is 0.686. The highest BCUT2D eigenvalue weighted by molar-refractivity contribution is 5.85. The molecule has 0 saturated heterocycles. The second-order valence-electron chi connectivity index (χ2n) is 3.10. The zero-order valence-corrected chi connectivity index (χ0v) is 10.2. The second kappa shape index (κ2) is 11.0. The Morgan fingerprint density at radius 2 is 1.86 bits per heavy atom. The number of unbranched alkanes of at least 4 members (excludes halogenated alkanes) is 1. The third-order valence-electron chi connectivity index (χ3n) is 1.84. The van der Waals surface area contributed by atoms with Crippen molar-refractivity contribution in [1.29, 1.82) is 0 Å². The number of carbonyl (C=O) groups is 1. The lowest BCUT2D eigenvalue weighted by molar-refractivity contribution is -0.142. The van der Waals surface area contributed by atoms with Crippen molar-refractivity contribution in [2.45, 2.75) is 25.3 Å². The zero-order valence-electron chi connectivity index (χ0n) is 8.60. The van der Waals surface area contributed by atoms with Crippen LogP contribution in [0.25, 0.3) is 0 Å². The molecule has 0 fully saturated rings. The smallest absolute Gasteiger partial charge is 0.320 e. The summed E-state index contributed by atoms with van der Waals surface area (Å²) in [5.41, 5.74) is 5.31. The molecule has 1 atom stereocenters. The third-order valence-corrected chi connectivity index (χ3v) is 1.84. The van der Waals surface area contributed by atoms with E-state index in [1.54, 1.807) is 19.0 Å². The predicted molar refractivity (Wildman–Crippen MR) is 62.5 cm³/mol. The number of rotatable bonds is 6. The fraction of sp³-hybridized carbons (Fsp3) is 0.875. The number of carboxylic acid groups (broad SMARTS) is 1. The summed E-state index contributed by atoms with van der Waals surface area (Å²) in [6.07, 6.45) is 2.46. The first-order chi connectivity index (χ1) is 5.59. The van der Waals surface area contributed by atoms with Gasteiger partial charge >= 0.3 is 5.97 Å². The number of likely N-dealkylation sites (N-methyl/N-ethyl adjacent to an activating group) is 1. The van der Waals surface area contributed by atoms with E-state index in [1.807, 2.05) is 0 Å². The van der Waals surface area contributed by atoms with Gasteiger partial charge in [0.2, 0.25) is 0 Å². The Kier molecular flexibility index (Phi) is 15.4. The molecule has 0 saturated carbocycles. The molecule has 0 bridgehead atoms. The van der Waals surface area contributed by atoms with E-state index in [2.05, 4.69) is 0 Å². The van der Waals surface area contributed by atoms with Crippen LogP contribution in [0.3, 0.4) is 0 Å². The summed E-state index contributed by atoms with van der Waals surface area (Å²) >= 11 is 0. The molecular formula is C8H20Cl2N2O2. The van der Waals surface area contributed by atoms with Gasteiger partial charge in [-0.3, -0.25) is 9.69 Å². The summed E-state index contributed by atoms with van der Waals surface area (Å²) in [6, 6.07) is -0.364. The largest absolute Gasteiger partial charge is 0.480 e. The van der Waals surface area contributed by atoms with Crippen LogP contribution in [0, 0.1) is 0 Å². The Hall–Kier alpha value is -0.0300. The van der Waals surface area contributed by atoms with Crippen molar-refractivity contribution in [2.75, 3.05) is 20.6 Å². The topological polar surface area (TPSA) is 66.6 Å². The summed E-state index contributed by atoms with van der Waals surface area (Å²) in [4.78, 5) is 12.4. The SMILES string of the molecule is CN(C)[C@H](CCCCN)C(=O)O.Cl.Cl. The van der Waals surface area contributed by atoms with E-state index >= 15 is 0 Å². The molecule has 0 radical (unpaired) electrons. The molecule has 0 rings (SSSR count). The van der Waals surface area contributed by atoms with Gasteiger partial charge in [0.1, 0.15) is 6.04 Å². The van der Waals surface area contributed by atoms with Crippen LogP contribution in [0.1, 0.15) is 19.3 Å². The lowest BCUT2D eigenvalue weighted by Crippen LogP contribution is -2.35. The van der Waals surface area contributed by atoms with Crippen LogP contribution in [-0.2, 0) is 4.79 Å². The number of carboxylic acids is 1. The molecule has 4 nitrogen and oxygen atoms in total. The summed E-state index contributed by atoms with van der Waals surface area (Å²) in [5, 5.41) is 8.77. The van der Waals surface area contributed by atoms with Gasteiger partial charge in [-0.25, -0.2) is 0 Å². The lowest BCUT2D eigenvalue weighted by Gasteiger charge is -2.19. The predicted octanol–water partition coefficient (Wildman–Crippen LogP) is 0.974. The molecule has 0 aromatic rings. The molecule has 0 unspecified atom stereocenters. The first-order valence-corrected chi connectivity index (χ1v) is 4.19. The summed E-state index contributed by atoms with van der Waals surface area (Å²) < 4.78 is 0. The number of nitrogens with two attached hydrogens (primary N) is 1. The normalized spacial score (nSPS) is 11.4. The molecule has 14 heavy (non-hydrogen) atoms. The van der Waals surface area contributed by atoms with Crippen molar-refractivity contribution in [1.82, 2.24) is 4.90 Å². The first-order valence-electron chi connectivity index (χ1n) is 4.19. The van der Waals surface area contributed by atoms with Crippen LogP contribution in [0.2, 0.25) is 0 Å². The molecule has 0 aliphatic heterocycles. The Morgan fingerprint density at radius 3 is 2.14 bits per heavy atom. The summed E-state index contributed by atoms with van der Waals surface area (Å²) in [6.45, 7) is 0.639. The monoisotopic (exact) mass is 246 g/mol. The zero-order chi connectivity index (χ0) is 9.56. The van der Waals surface area contributed by atoms with E-state index in [0.717, 1.165) is 12.8 Å². The Balaban J connectivity index is -0.000000605. The maximum absolute atomic E-state index is 10.7. The average Bonchev–Trinajstić information content (AvgIpc) is 1.96.